The van der Waals surface area contributed by atoms with Crippen molar-refractivity contribution < 1.29 is 9.53 Å². The van der Waals surface area contributed by atoms with E-state index >= 15 is 0 Å². The zero-order chi connectivity index (χ0) is 14.8. The lowest BCUT2D eigenvalue weighted by molar-refractivity contribution is -0.118. The molecule has 0 spiro atoms. The van der Waals surface area contributed by atoms with E-state index in [9.17, 15) is 4.79 Å². The second-order valence-corrected chi connectivity index (χ2v) is 6.18. The van der Waals surface area contributed by atoms with Gasteiger partial charge in [0.2, 0.25) is 0 Å². The van der Waals surface area contributed by atoms with Crippen LogP contribution < -0.4 is 10.1 Å². The summed E-state index contributed by atoms with van der Waals surface area (Å²) in [5, 5.41) is 2.85. The Balaban J connectivity index is 1.86. The Morgan fingerprint density at radius 3 is 2.67 bits per heavy atom. The first-order chi connectivity index (χ1) is 10.1. The predicted molar refractivity (Wildman–Crippen MR) is 87.1 cm³/mol. The third kappa shape index (κ3) is 2.95. The number of nitrogens with one attached hydrogen (secondary N) is 1. The Morgan fingerprint density at radius 2 is 1.90 bits per heavy atom. The summed E-state index contributed by atoms with van der Waals surface area (Å²) in [6.07, 6.45) is 0. The van der Waals surface area contributed by atoms with Crippen molar-refractivity contribution in [3.8, 4) is 5.75 Å². The van der Waals surface area contributed by atoms with Crippen LogP contribution in [0, 0.1) is 0 Å². The maximum atomic E-state index is 11.4. The minimum absolute atomic E-state index is 0.0878. The van der Waals surface area contributed by atoms with Crippen LogP contribution in [0.4, 0.5) is 5.69 Å². The molecule has 1 heterocycles. The van der Waals surface area contributed by atoms with Crippen LogP contribution in [-0.2, 0) is 4.79 Å². The summed E-state index contributed by atoms with van der Waals surface area (Å²) in [5.41, 5.74) is 3.14. The number of carbonyl (C=O) groups excluding carboxylic acids is 1. The van der Waals surface area contributed by atoms with Gasteiger partial charge in [-0.15, -0.1) is 0 Å². The molecule has 108 valence electrons. The summed E-state index contributed by atoms with van der Waals surface area (Å²) < 4.78 is 5.39. The Kier molecular flexibility index (Phi) is 3.97. The van der Waals surface area contributed by atoms with Gasteiger partial charge < -0.3 is 10.1 Å². The third-order valence-electron chi connectivity index (χ3n) is 3.72. The maximum Gasteiger partial charge on any atom is 0.262 e. The monoisotopic (exact) mass is 345 g/mol. The second kappa shape index (κ2) is 5.90. The first kappa shape index (κ1) is 14.1. The number of amides is 1. The number of hydrogen-bond acceptors (Lipinski definition) is 2. The standard InChI is InChI=1S/C17H16BrNO2/c1-11(12-5-3-2-4-6-12)17(18)13-7-8-15-14(9-13)19-16(20)10-21-15/h2-9,11,17H,10H2,1H3,(H,19,20). The highest BCUT2D eigenvalue weighted by molar-refractivity contribution is 9.09. The van der Waals surface area contributed by atoms with E-state index in [1.807, 2.05) is 36.4 Å². The molecule has 1 aliphatic heterocycles. The summed E-state index contributed by atoms with van der Waals surface area (Å²) in [6.45, 7) is 2.27. The molecule has 2 unspecified atom stereocenters. The van der Waals surface area contributed by atoms with Gasteiger partial charge in [0.05, 0.1) is 5.69 Å². The summed E-state index contributed by atoms with van der Waals surface area (Å²) in [5.74, 6) is 0.941. The minimum Gasteiger partial charge on any atom is -0.482 e. The van der Waals surface area contributed by atoms with E-state index in [-0.39, 0.29) is 17.3 Å². The lowest BCUT2D eigenvalue weighted by Crippen LogP contribution is -2.25. The van der Waals surface area contributed by atoms with Gasteiger partial charge in [-0.3, -0.25) is 4.79 Å². The van der Waals surface area contributed by atoms with E-state index in [0.29, 0.717) is 5.92 Å². The molecule has 4 heteroatoms. The van der Waals surface area contributed by atoms with Crippen LogP contribution in [0.1, 0.15) is 28.8 Å². The van der Waals surface area contributed by atoms with Crippen molar-refractivity contribution in [3.05, 3.63) is 59.7 Å². The molecular formula is C17H16BrNO2. The number of benzene rings is 2. The fraction of sp³-hybridized carbons (Fsp3) is 0.235. The summed E-state index contributed by atoms with van der Waals surface area (Å²) in [4.78, 5) is 11.6. The van der Waals surface area contributed by atoms with E-state index in [1.54, 1.807) is 0 Å². The molecule has 2 aromatic rings. The first-order valence-electron chi connectivity index (χ1n) is 6.91. The van der Waals surface area contributed by atoms with E-state index in [1.165, 1.54) is 5.56 Å². The number of hydrogen-bond donors (Lipinski definition) is 1. The summed E-state index contributed by atoms with van der Waals surface area (Å²) >= 11 is 3.78. The number of alkyl halides is 1. The normalized spacial score (nSPS) is 16.4. The van der Waals surface area contributed by atoms with Gasteiger partial charge in [0.1, 0.15) is 5.75 Å². The summed E-state index contributed by atoms with van der Waals surface area (Å²) in [7, 11) is 0. The quantitative estimate of drug-likeness (QED) is 0.844. The first-order valence-corrected chi connectivity index (χ1v) is 7.82. The lowest BCUT2D eigenvalue weighted by atomic mass is 9.93. The molecule has 3 nitrogen and oxygen atoms in total. The SMILES string of the molecule is CC(c1ccccc1)C(Br)c1ccc2c(c1)NC(=O)CO2. The van der Waals surface area contributed by atoms with Gasteiger partial charge in [0.15, 0.2) is 6.61 Å². The Hall–Kier alpha value is -1.81. The van der Waals surface area contributed by atoms with E-state index < -0.39 is 0 Å². The van der Waals surface area contributed by atoms with Gasteiger partial charge in [-0.25, -0.2) is 0 Å². The fourth-order valence-electron chi connectivity index (χ4n) is 2.49. The summed E-state index contributed by atoms with van der Waals surface area (Å²) in [6, 6.07) is 16.3. The molecular weight excluding hydrogens is 330 g/mol. The lowest BCUT2D eigenvalue weighted by Gasteiger charge is -2.23. The smallest absolute Gasteiger partial charge is 0.262 e. The number of fused-ring (bicyclic) bond motifs is 1. The molecule has 3 rings (SSSR count). The van der Waals surface area contributed by atoms with Crippen molar-refractivity contribution in [2.45, 2.75) is 17.7 Å². The van der Waals surface area contributed by atoms with Crippen LogP contribution in [0.15, 0.2) is 48.5 Å². The Morgan fingerprint density at radius 1 is 1.14 bits per heavy atom. The van der Waals surface area contributed by atoms with Crippen molar-refractivity contribution in [2.75, 3.05) is 11.9 Å². The van der Waals surface area contributed by atoms with Crippen molar-refractivity contribution in [3.63, 3.8) is 0 Å². The number of carbonyl (C=O) groups is 1. The van der Waals surface area contributed by atoms with Crippen LogP contribution in [0.2, 0.25) is 0 Å². The van der Waals surface area contributed by atoms with Gasteiger partial charge in [-0.05, 0) is 29.2 Å². The molecule has 1 N–H and O–H groups in total. The van der Waals surface area contributed by atoms with Crippen LogP contribution in [0.25, 0.3) is 0 Å². The molecule has 0 aliphatic carbocycles. The Bertz CT molecular complexity index is 657. The molecule has 2 atom stereocenters. The highest BCUT2D eigenvalue weighted by atomic mass is 79.9. The zero-order valence-corrected chi connectivity index (χ0v) is 13.3. The molecule has 0 saturated carbocycles. The molecule has 21 heavy (non-hydrogen) atoms. The molecule has 1 amide bonds. The molecule has 1 aliphatic rings. The molecule has 0 fully saturated rings. The zero-order valence-electron chi connectivity index (χ0n) is 11.7. The van der Waals surface area contributed by atoms with Gasteiger partial charge in [0, 0.05) is 4.83 Å². The van der Waals surface area contributed by atoms with Crippen molar-refractivity contribution in [2.24, 2.45) is 0 Å². The molecule has 0 radical (unpaired) electrons. The number of halogens is 1. The number of ether oxygens (including phenoxy) is 1. The maximum absolute atomic E-state index is 11.4. The van der Waals surface area contributed by atoms with Crippen molar-refractivity contribution in [1.29, 1.82) is 0 Å². The van der Waals surface area contributed by atoms with E-state index in [2.05, 4.69) is 40.3 Å². The van der Waals surface area contributed by atoms with Gasteiger partial charge in [-0.2, -0.15) is 0 Å². The highest BCUT2D eigenvalue weighted by Crippen LogP contribution is 2.40. The average molecular weight is 346 g/mol. The molecule has 0 bridgehead atoms. The van der Waals surface area contributed by atoms with Crippen LogP contribution in [-0.4, -0.2) is 12.5 Å². The largest absolute Gasteiger partial charge is 0.482 e. The number of rotatable bonds is 3. The molecule has 0 aromatic heterocycles. The third-order valence-corrected chi connectivity index (χ3v) is 5.04. The minimum atomic E-state index is -0.109. The molecule has 2 aromatic carbocycles. The van der Waals surface area contributed by atoms with Crippen LogP contribution in [0.3, 0.4) is 0 Å². The van der Waals surface area contributed by atoms with Crippen molar-refractivity contribution >= 4 is 27.5 Å². The van der Waals surface area contributed by atoms with E-state index in [4.69, 9.17) is 4.74 Å². The van der Waals surface area contributed by atoms with Gasteiger partial charge in [0.25, 0.3) is 5.91 Å². The number of anilines is 1. The van der Waals surface area contributed by atoms with E-state index in [0.717, 1.165) is 17.0 Å². The Labute approximate surface area is 132 Å². The molecule has 0 saturated heterocycles. The van der Waals surface area contributed by atoms with Gasteiger partial charge >= 0.3 is 0 Å². The second-order valence-electron chi connectivity index (χ2n) is 5.19. The predicted octanol–water partition coefficient (Wildman–Crippen LogP) is 4.26. The van der Waals surface area contributed by atoms with Crippen LogP contribution >= 0.6 is 15.9 Å². The fourth-order valence-corrected chi connectivity index (χ4v) is 3.08. The van der Waals surface area contributed by atoms with Crippen molar-refractivity contribution in [1.82, 2.24) is 0 Å². The van der Waals surface area contributed by atoms with Gasteiger partial charge in [-0.1, -0.05) is 59.3 Å². The average Bonchev–Trinajstić information content (AvgIpc) is 2.53. The topological polar surface area (TPSA) is 38.3 Å². The highest BCUT2D eigenvalue weighted by Gasteiger charge is 2.21. The van der Waals surface area contributed by atoms with Crippen LogP contribution in [0.5, 0.6) is 5.75 Å².